The Bertz CT molecular complexity index is 455. The van der Waals surface area contributed by atoms with Crippen molar-refractivity contribution in [3.05, 3.63) is 48.0 Å². The first-order valence-electron chi connectivity index (χ1n) is 6.71. The molecule has 2 nitrogen and oxygen atoms in total. The van der Waals surface area contributed by atoms with Crippen molar-refractivity contribution in [1.82, 2.24) is 0 Å². The van der Waals surface area contributed by atoms with Gasteiger partial charge in [0.25, 0.3) is 0 Å². The Morgan fingerprint density at radius 2 is 2.16 bits per heavy atom. The minimum Gasteiger partial charge on any atom is -0.465 e. The third kappa shape index (κ3) is 2.71. The normalized spacial score (nSPS) is 26.1. The maximum absolute atomic E-state index is 12.6. The largest absolute Gasteiger partial charge is 0.465 e. The first-order chi connectivity index (χ1) is 9.25. The van der Waals surface area contributed by atoms with Gasteiger partial charge in [-0.05, 0) is 25.3 Å². The molecular formula is C16H19IO2. The second-order valence-electron chi connectivity index (χ2n) is 4.79. The maximum atomic E-state index is 12.6. The minimum absolute atomic E-state index is 0.0767. The summed E-state index contributed by atoms with van der Waals surface area (Å²) in [6.45, 7) is 2.30. The standard InChI is InChI=1S/C16H19IO2/c1-2-19-15(18)16(13-8-4-3-5-9-13)11-7-6-10-14(16)12-17/h3-6,8-10,14H,2,7,11-12H2,1H3. The van der Waals surface area contributed by atoms with E-state index in [0.717, 1.165) is 22.8 Å². The van der Waals surface area contributed by atoms with Crippen molar-refractivity contribution in [1.29, 1.82) is 0 Å². The van der Waals surface area contributed by atoms with Crippen LogP contribution in [0.4, 0.5) is 0 Å². The van der Waals surface area contributed by atoms with E-state index in [9.17, 15) is 4.79 Å². The molecular weight excluding hydrogens is 351 g/mol. The molecule has 0 saturated carbocycles. The number of hydrogen-bond donors (Lipinski definition) is 0. The van der Waals surface area contributed by atoms with E-state index in [2.05, 4.69) is 46.9 Å². The Hall–Kier alpha value is -0.840. The Balaban J connectivity index is 2.49. The molecule has 3 heteroatoms. The van der Waals surface area contributed by atoms with Crippen LogP contribution in [0.3, 0.4) is 0 Å². The second-order valence-corrected chi connectivity index (χ2v) is 5.67. The van der Waals surface area contributed by atoms with E-state index >= 15 is 0 Å². The molecule has 0 heterocycles. The van der Waals surface area contributed by atoms with E-state index < -0.39 is 5.41 Å². The van der Waals surface area contributed by atoms with Gasteiger partial charge < -0.3 is 4.74 Å². The number of esters is 1. The van der Waals surface area contributed by atoms with Crippen LogP contribution in [0.15, 0.2) is 42.5 Å². The van der Waals surface area contributed by atoms with Gasteiger partial charge in [0.2, 0.25) is 0 Å². The Kier molecular flexibility index (Phi) is 5.02. The molecule has 2 unspecified atom stereocenters. The summed E-state index contributed by atoms with van der Waals surface area (Å²) in [5.74, 6) is 0.135. The molecule has 0 saturated heterocycles. The lowest BCUT2D eigenvalue weighted by atomic mass is 9.65. The third-order valence-electron chi connectivity index (χ3n) is 3.80. The van der Waals surface area contributed by atoms with Gasteiger partial charge in [0.15, 0.2) is 0 Å². The van der Waals surface area contributed by atoms with Crippen LogP contribution in [0, 0.1) is 5.92 Å². The molecule has 1 aromatic rings. The average Bonchev–Trinajstić information content (AvgIpc) is 2.48. The maximum Gasteiger partial charge on any atom is 0.317 e. The number of alkyl halides is 1. The van der Waals surface area contributed by atoms with E-state index in [1.165, 1.54) is 0 Å². The molecule has 0 fully saturated rings. The molecule has 0 aliphatic heterocycles. The van der Waals surface area contributed by atoms with Crippen LogP contribution in [-0.4, -0.2) is 17.0 Å². The van der Waals surface area contributed by atoms with E-state index in [1.54, 1.807) is 0 Å². The number of rotatable bonds is 4. The molecule has 1 aromatic carbocycles. The van der Waals surface area contributed by atoms with Crippen LogP contribution in [0.5, 0.6) is 0 Å². The highest BCUT2D eigenvalue weighted by atomic mass is 127. The van der Waals surface area contributed by atoms with Crippen molar-refractivity contribution in [2.24, 2.45) is 5.92 Å². The quantitative estimate of drug-likeness (QED) is 0.348. The van der Waals surface area contributed by atoms with E-state index in [1.807, 2.05) is 25.1 Å². The zero-order valence-corrected chi connectivity index (χ0v) is 13.3. The van der Waals surface area contributed by atoms with Crippen molar-refractivity contribution in [3.63, 3.8) is 0 Å². The molecule has 19 heavy (non-hydrogen) atoms. The van der Waals surface area contributed by atoms with Crippen LogP contribution in [0.2, 0.25) is 0 Å². The molecule has 0 aromatic heterocycles. The van der Waals surface area contributed by atoms with Gasteiger partial charge in [-0.25, -0.2) is 0 Å². The van der Waals surface area contributed by atoms with Crippen molar-refractivity contribution in [3.8, 4) is 0 Å². The van der Waals surface area contributed by atoms with Crippen molar-refractivity contribution in [2.45, 2.75) is 25.2 Å². The highest BCUT2D eigenvalue weighted by molar-refractivity contribution is 14.1. The predicted molar refractivity (Wildman–Crippen MR) is 85.5 cm³/mol. The first-order valence-corrected chi connectivity index (χ1v) is 8.23. The Morgan fingerprint density at radius 3 is 2.79 bits per heavy atom. The van der Waals surface area contributed by atoms with E-state index in [4.69, 9.17) is 4.74 Å². The minimum atomic E-state index is -0.507. The lowest BCUT2D eigenvalue weighted by molar-refractivity contribution is -0.152. The zero-order chi connectivity index (χ0) is 13.7. The fourth-order valence-corrected chi connectivity index (χ4v) is 3.87. The molecule has 102 valence electrons. The molecule has 1 aliphatic rings. The molecule has 0 bridgehead atoms. The Morgan fingerprint density at radius 1 is 1.42 bits per heavy atom. The highest BCUT2D eigenvalue weighted by Crippen LogP contribution is 2.43. The summed E-state index contributed by atoms with van der Waals surface area (Å²) in [5, 5.41) is 0. The van der Waals surface area contributed by atoms with Gasteiger partial charge in [-0.1, -0.05) is 65.1 Å². The van der Waals surface area contributed by atoms with Crippen LogP contribution in [-0.2, 0) is 14.9 Å². The number of ether oxygens (including phenoxy) is 1. The summed E-state index contributed by atoms with van der Waals surface area (Å²) < 4.78 is 6.31. The number of carbonyl (C=O) groups excluding carboxylic acids is 1. The van der Waals surface area contributed by atoms with Crippen LogP contribution in [0.1, 0.15) is 25.3 Å². The summed E-state index contributed by atoms with van der Waals surface area (Å²) in [7, 11) is 0. The number of halogens is 1. The van der Waals surface area contributed by atoms with Gasteiger partial charge in [-0.2, -0.15) is 0 Å². The summed E-state index contributed by atoms with van der Waals surface area (Å²) in [6, 6.07) is 10.1. The topological polar surface area (TPSA) is 26.3 Å². The van der Waals surface area contributed by atoms with Crippen LogP contribution < -0.4 is 0 Å². The van der Waals surface area contributed by atoms with Crippen LogP contribution in [0.25, 0.3) is 0 Å². The van der Waals surface area contributed by atoms with E-state index in [0.29, 0.717) is 6.61 Å². The van der Waals surface area contributed by atoms with E-state index in [-0.39, 0.29) is 11.9 Å². The van der Waals surface area contributed by atoms with Crippen molar-refractivity contribution < 1.29 is 9.53 Å². The number of benzene rings is 1. The highest BCUT2D eigenvalue weighted by Gasteiger charge is 2.47. The van der Waals surface area contributed by atoms with Gasteiger partial charge in [-0.3, -0.25) is 4.79 Å². The summed E-state index contributed by atoms with van der Waals surface area (Å²) >= 11 is 2.36. The van der Waals surface area contributed by atoms with Gasteiger partial charge in [-0.15, -0.1) is 0 Å². The molecule has 0 N–H and O–H groups in total. The second kappa shape index (κ2) is 6.55. The fraction of sp³-hybridized carbons (Fsp3) is 0.438. The Labute approximate surface area is 128 Å². The first kappa shape index (κ1) is 14.6. The summed E-state index contributed by atoms with van der Waals surface area (Å²) in [6.07, 6.45) is 6.13. The number of allylic oxidation sites excluding steroid dienone is 2. The van der Waals surface area contributed by atoms with Crippen molar-refractivity contribution in [2.75, 3.05) is 11.0 Å². The predicted octanol–water partition coefficient (Wildman–Crippen LogP) is 3.89. The third-order valence-corrected chi connectivity index (χ3v) is 4.75. The molecule has 0 amide bonds. The molecule has 1 aliphatic carbocycles. The van der Waals surface area contributed by atoms with Crippen molar-refractivity contribution >= 4 is 28.6 Å². The summed E-state index contributed by atoms with van der Waals surface area (Å²) in [4.78, 5) is 12.6. The van der Waals surface area contributed by atoms with Gasteiger partial charge in [0, 0.05) is 10.3 Å². The van der Waals surface area contributed by atoms with Gasteiger partial charge >= 0.3 is 5.97 Å². The fourth-order valence-electron chi connectivity index (χ4n) is 2.83. The lowest BCUT2D eigenvalue weighted by Crippen LogP contribution is -2.45. The average molecular weight is 370 g/mol. The molecule has 0 spiro atoms. The SMILES string of the molecule is CCOC(=O)C1(c2ccccc2)CCC=CC1CI. The zero-order valence-electron chi connectivity index (χ0n) is 11.1. The van der Waals surface area contributed by atoms with Crippen LogP contribution >= 0.6 is 22.6 Å². The smallest absolute Gasteiger partial charge is 0.317 e. The van der Waals surface area contributed by atoms with Gasteiger partial charge in [0.1, 0.15) is 5.41 Å². The lowest BCUT2D eigenvalue weighted by Gasteiger charge is -2.39. The molecule has 2 atom stereocenters. The molecule has 2 rings (SSSR count). The number of hydrogen-bond acceptors (Lipinski definition) is 2. The summed E-state index contributed by atoms with van der Waals surface area (Å²) in [5.41, 5.74) is 0.576. The number of carbonyl (C=O) groups is 1. The monoisotopic (exact) mass is 370 g/mol. The molecule has 0 radical (unpaired) electrons. The van der Waals surface area contributed by atoms with Gasteiger partial charge in [0.05, 0.1) is 6.61 Å².